The lowest BCUT2D eigenvalue weighted by molar-refractivity contribution is -0.155. The van der Waals surface area contributed by atoms with Crippen molar-refractivity contribution in [2.45, 2.75) is 97.2 Å². The number of benzene rings is 1. The lowest BCUT2D eigenvalue weighted by Gasteiger charge is -2.25. The molecular weight excluding hydrogens is 480 g/mol. The van der Waals surface area contributed by atoms with Crippen LogP contribution in [-0.2, 0) is 27.9 Å². The van der Waals surface area contributed by atoms with Gasteiger partial charge in [0.25, 0.3) is 5.91 Å². The molecule has 0 radical (unpaired) electrons. The zero-order chi connectivity index (χ0) is 27.8. The van der Waals surface area contributed by atoms with Gasteiger partial charge in [-0.2, -0.15) is 5.10 Å². The van der Waals surface area contributed by atoms with Crippen LogP contribution in [0, 0.1) is 11.8 Å². The lowest BCUT2D eigenvalue weighted by atomic mass is 9.83. The molecule has 206 valence electrons. The van der Waals surface area contributed by atoms with E-state index in [2.05, 4.69) is 18.9 Å². The van der Waals surface area contributed by atoms with Crippen molar-refractivity contribution in [2.75, 3.05) is 0 Å². The number of nitrogens with two attached hydrogens (primary N) is 1. The molecule has 4 atom stereocenters. The highest BCUT2D eigenvalue weighted by atomic mass is 16.6. The number of hydrogen-bond acceptors (Lipinski definition) is 5. The molecule has 2 amide bonds. The predicted octanol–water partition coefficient (Wildman–Crippen LogP) is 4.95. The minimum atomic E-state index is -0.881. The van der Waals surface area contributed by atoms with Gasteiger partial charge < -0.3 is 15.4 Å². The van der Waals surface area contributed by atoms with E-state index in [1.54, 1.807) is 20.8 Å². The third kappa shape index (κ3) is 5.94. The van der Waals surface area contributed by atoms with Crippen LogP contribution in [-0.4, -0.2) is 44.1 Å². The summed E-state index contributed by atoms with van der Waals surface area (Å²) in [5, 5.41) is 4.63. The fraction of sp³-hybridized carbons (Fsp3) is 0.600. The Morgan fingerprint density at radius 1 is 1.18 bits per heavy atom. The Morgan fingerprint density at radius 3 is 2.61 bits per heavy atom. The van der Waals surface area contributed by atoms with Crippen LogP contribution in [0.5, 0.6) is 0 Å². The van der Waals surface area contributed by atoms with Gasteiger partial charge in [-0.25, -0.2) is 0 Å². The Balaban J connectivity index is 1.56. The number of primary amides is 1. The van der Waals surface area contributed by atoms with E-state index >= 15 is 0 Å². The molecule has 2 aromatic rings. The first-order valence-electron chi connectivity index (χ1n) is 13.8. The number of esters is 1. The normalized spacial score (nSPS) is 22.6. The van der Waals surface area contributed by atoms with Gasteiger partial charge in [-0.15, -0.1) is 0 Å². The summed E-state index contributed by atoms with van der Waals surface area (Å²) in [5.74, 6) is 0.451. The van der Waals surface area contributed by atoms with Gasteiger partial charge >= 0.3 is 5.97 Å². The molecule has 8 nitrogen and oxygen atoms in total. The van der Waals surface area contributed by atoms with E-state index in [-0.39, 0.29) is 25.3 Å². The number of ether oxygens (including phenoxy) is 1. The van der Waals surface area contributed by atoms with Gasteiger partial charge in [0.05, 0.1) is 6.20 Å². The molecule has 4 unspecified atom stereocenters. The fourth-order valence-corrected chi connectivity index (χ4v) is 6.26. The monoisotopic (exact) mass is 522 g/mol. The van der Waals surface area contributed by atoms with Crippen LogP contribution in [0.15, 0.2) is 24.4 Å². The van der Waals surface area contributed by atoms with Crippen molar-refractivity contribution in [3.05, 3.63) is 41.2 Å². The zero-order valence-corrected chi connectivity index (χ0v) is 23.6. The molecular formula is C30H42N4O4. The maximum atomic E-state index is 13.3. The van der Waals surface area contributed by atoms with E-state index in [0.717, 1.165) is 29.0 Å². The molecule has 1 aliphatic heterocycles. The lowest BCUT2D eigenvalue weighted by Crippen LogP contribution is -2.45. The highest BCUT2D eigenvalue weighted by Gasteiger charge is 2.37. The van der Waals surface area contributed by atoms with Gasteiger partial charge in [0.1, 0.15) is 11.6 Å². The maximum Gasteiger partial charge on any atom is 0.306 e. The smallest absolute Gasteiger partial charge is 0.306 e. The summed E-state index contributed by atoms with van der Waals surface area (Å²) in [7, 11) is 2.01. The third-order valence-electron chi connectivity index (χ3n) is 8.00. The van der Waals surface area contributed by atoms with E-state index in [1.807, 2.05) is 36.1 Å². The average molecular weight is 523 g/mol. The summed E-state index contributed by atoms with van der Waals surface area (Å²) in [6, 6.07) is 4.98. The van der Waals surface area contributed by atoms with Crippen LogP contribution in [0.1, 0.15) is 101 Å². The van der Waals surface area contributed by atoms with E-state index < -0.39 is 23.5 Å². The molecule has 38 heavy (non-hydrogen) atoms. The van der Waals surface area contributed by atoms with Crippen molar-refractivity contribution in [1.82, 2.24) is 14.7 Å². The Bertz CT molecular complexity index is 1210. The second kappa shape index (κ2) is 10.9. The van der Waals surface area contributed by atoms with Gasteiger partial charge in [0.15, 0.2) is 0 Å². The van der Waals surface area contributed by atoms with Gasteiger partial charge in [0.2, 0.25) is 5.91 Å². The molecule has 0 spiro atoms. The maximum absolute atomic E-state index is 13.3. The number of fused-ring (bicyclic) bond motifs is 1. The van der Waals surface area contributed by atoms with Crippen LogP contribution in [0.4, 0.5) is 0 Å². The number of aryl methyl sites for hydroxylation is 1. The van der Waals surface area contributed by atoms with E-state index in [0.29, 0.717) is 17.4 Å². The van der Waals surface area contributed by atoms with Crippen LogP contribution < -0.4 is 5.73 Å². The summed E-state index contributed by atoms with van der Waals surface area (Å²) in [5.41, 5.74) is 9.87. The molecule has 4 rings (SSSR count). The molecule has 2 N–H and O–H groups in total. The van der Waals surface area contributed by atoms with Gasteiger partial charge in [-0.3, -0.25) is 19.1 Å². The molecule has 1 aromatic heterocycles. The molecule has 1 fully saturated rings. The van der Waals surface area contributed by atoms with E-state index in [9.17, 15) is 14.4 Å². The number of aromatic nitrogens is 2. The topological polar surface area (TPSA) is 108 Å². The summed E-state index contributed by atoms with van der Waals surface area (Å²) in [6.07, 6.45) is 6.90. The first kappa shape index (κ1) is 27.9. The van der Waals surface area contributed by atoms with Crippen LogP contribution >= 0.6 is 0 Å². The van der Waals surface area contributed by atoms with Crippen LogP contribution in [0.3, 0.4) is 0 Å². The molecule has 1 saturated carbocycles. The molecule has 0 saturated heterocycles. The fourth-order valence-electron chi connectivity index (χ4n) is 6.26. The Labute approximate surface area is 225 Å². The van der Waals surface area contributed by atoms with Crippen molar-refractivity contribution in [1.29, 1.82) is 0 Å². The second-order valence-electron chi connectivity index (χ2n) is 12.3. The van der Waals surface area contributed by atoms with Crippen LogP contribution in [0.2, 0.25) is 0 Å². The highest BCUT2D eigenvalue weighted by molar-refractivity contribution is 6.01. The minimum Gasteiger partial charge on any atom is -0.460 e. The largest absolute Gasteiger partial charge is 0.460 e. The number of carbonyl (C=O) groups excluding carboxylic acids is 3. The van der Waals surface area contributed by atoms with Gasteiger partial charge in [-0.1, -0.05) is 32.8 Å². The first-order valence-corrected chi connectivity index (χ1v) is 13.8. The van der Waals surface area contributed by atoms with E-state index in [1.165, 1.54) is 29.9 Å². The van der Waals surface area contributed by atoms with Gasteiger partial charge in [-0.05, 0) is 75.1 Å². The van der Waals surface area contributed by atoms with E-state index in [4.69, 9.17) is 10.5 Å². The molecule has 1 aromatic carbocycles. The number of rotatable bonds is 7. The Morgan fingerprint density at radius 2 is 1.92 bits per heavy atom. The molecule has 8 heteroatoms. The van der Waals surface area contributed by atoms with Crippen molar-refractivity contribution >= 4 is 17.8 Å². The molecule has 1 aliphatic carbocycles. The molecule has 2 heterocycles. The Kier molecular flexibility index (Phi) is 8.00. The van der Waals surface area contributed by atoms with Crippen molar-refractivity contribution in [3.8, 4) is 11.1 Å². The summed E-state index contributed by atoms with van der Waals surface area (Å²) in [6.45, 7) is 10.3. The second-order valence-corrected chi connectivity index (χ2v) is 12.3. The summed E-state index contributed by atoms with van der Waals surface area (Å²) in [4.78, 5) is 39.3. The first-order chi connectivity index (χ1) is 17.9. The van der Waals surface area contributed by atoms with Crippen molar-refractivity contribution < 1.29 is 19.1 Å². The standard InChI is InChI=1S/C30H42N4O4/c1-18-8-7-9-22(19(2)14-18)27-24(16-32-33(27)6)20-10-11-23-21(15-20)17-34(29(23)37)25(28(31)36)12-13-26(35)38-30(3,4)5/h10-11,15-16,18-19,22,25H,7-9,12-14,17H2,1-6H3,(H2,31,36). The zero-order valence-electron chi connectivity index (χ0n) is 23.6. The third-order valence-corrected chi connectivity index (χ3v) is 8.00. The number of amides is 2. The number of nitrogens with zero attached hydrogens (tertiary/aromatic N) is 3. The number of hydrogen-bond donors (Lipinski definition) is 1. The van der Waals surface area contributed by atoms with Crippen molar-refractivity contribution in [2.24, 2.45) is 24.6 Å². The quantitative estimate of drug-likeness (QED) is 0.409. The van der Waals surface area contributed by atoms with Crippen molar-refractivity contribution in [3.63, 3.8) is 0 Å². The average Bonchev–Trinajstić information content (AvgIpc) is 3.29. The summed E-state index contributed by atoms with van der Waals surface area (Å²) >= 11 is 0. The highest BCUT2D eigenvalue weighted by Crippen LogP contribution is 2.42. The van der Waals surface area contributed by atoms with Crippen LogP contribution in [0.25, 0.3) is 11.1 Å². The van der Waals surface area contributed by atoms with Gasteiger partial charge in [0, 0.05) is 42.8 Å². The molecule has 0 bridgehead atoms. The minimum absolute atomic E-state index is 0.00743. The Hall–Kier alpha value is -3.16. The SMILES string of the molecule is CC1CCCC(c2c(-c3ccc4c(c3)CN(C(CCC(=O)OC(C)(C)C)C(N)=O)C4=O)cnn2C)C(C)C1. The number of carbonyl (C=O) groups is 3. The summed E-state index contributed by atoms with van der Waals surface area (Å²) < 4.78 is 7.38. The predicted molar refractivity (Wildman–Crippen MR) is 146 cm³/mol. The molecule has 2 aliphatic rings.